The normalized spacial score (nSPS) is 16.2. The average Bonchev–Trinajstić information content (AvgIpc) is 2.75. The van der Waals surface area contributed by atoms with Gasteiger partial charge in [0, 0.05) is 26.2 Å². The highest BCUT2D eigenvalue weighted by molar-refractivity contribution is 6.31. The molecule has 0 bridgehead atoms. The largest absolute Gasteiger partial charge is 0.379 e. The molecule has 2 aliphatic rings. The van der Waals surface area contributed by atoms with Gasteiger partial charge in [-0.25, -0.2) is 23.7 Å². The first-order valence-electron chi connectivity index (χ1n) is 8.60. The van der Waals surface area contributed by atoms with E-state index in [-0.39, 0.29) is 21.5 Å². The standard InChI is InChI=1S/C8H9ClFN3O.C4HCl2FN2.C4H9NO/c9-8-11-5-6(10)7(12-8)13-1-3-14-4-2-13;5-3-2(7)1-8-4(6)9-3;1-3-6-4-2-5-1/h5H,1-4H2;1H;5H,1-4H2. The quantitative estimate of drug-likeness (QED) is 0.502. The summed E-state index contributed by atoms with van der Waals surface area (Å²) in [6.45, 7) is 6.26. The summed E-state index contributed by atoms with van der Waals surface area (Å²) in [7, 11) is 0. The van der Waals surface area contributed by atoms with Crippen molar-refractivity contribution < 1.29 is 18.3 Å². The molecule has 13 heteroatoms. The Bertz CT molecular complexity index is 756. The summed E-state index contributed by atoms with van der Waals surface area (Å²) in [6.07, 6.45) is 2.00. The predicted molar refractivity (Wildman–Crippen MR) is 106 cm³/mol. The van der Waals surface area contributed by atoms with Crippen LogP contribution in [0.15, 0.2) is 12.4 Å². The summed E-state index contributed by atoms with van der Waals surface area (Å²) in [4.78, 5) is 15.9. The fraction of sp³-hybridized carbons (Fsp3) is 0.500. The van der Waals surface area contributed by atoms with E-state index in [4.69, 9.17) is 44.3 Å². The maximum Gasteiger partial charge on any atom is 0.224 e. The SMILES string of the molecule is C1COCCN1.Fc1cnc(Cl)nc1Cl.Fc1cnc(Cl)nc1N1CCOCC1. The molecule has 2 aromatic heterocycles. The van der Waals surface area contributed by atoms with Crippen LogP contribution >= 0.6 is 34.8 Å². The van der Waals surface area contributed by atoms with Crippen molar-refractivity contribution in [2.75, 3.05) is 57.5 Å². The first kappa shape index (κ1) is 23.8. The van der Waals surface area contributed by atoms with Crippen molar-refractivity contribution in [3.05, 3.63) is 39.7 Å². The number of aromatic nitrogens is 4. The van der Waals surface area contributed by atoms with Crippen LogP contribution in [0.1, 0.15) is 0 Å². The van der Waals surface area contributed by atoms with Crippen LogP contribution in [0.5, 0.6) is 0 Å². The van der Waals surface area contributed by atoms with E-state index in [1.807, 2.05) is 0 Å². The molecule has 0 unspecified atom stereocenters. The number of nitrogens with one attached hydrogen (secondary N) is 1. The Kier molecular flexibility index (Phi) is 10.7. The van der Waals surface area contributed by atoms with Crippen LogP contribution in [0, 0.1) is 11.6 Å². The van der Waals surface area contributed by atoms with Crippen molar-refractivity contribution in [1.29, 1.82) is 0 Å². The van der Waals surface area contributed by atoms with Crippen LogP contribution < -0.4 is 10.2 Å². The minimum Gasteiger partial charge on any atom is -0.379 e. The summed E-state index contributed by atoms with van der Waals surface area (Å²) in [5.41, 5.74) is 0. The molecule has 8 nitrogen and oxygen atoms in total. The Morgan fingerprint density at radius 2 is 1.38 bits per heavy atom. The molecule has 4 rings (SSSR count). The van der Waals surface area contributed by atoms with Crippen LogP contribution in [0.25, 0.3) is 0 Å². The molecule has 4 heterocycles. The van der Waals surface area contributed by atoms with Crippen molar-refractivity contribution in [1.82, 2.24) is 25.3 Å². The summed E-state index contributed by atoms with van der Waals surface area (Å²) in [5.74, 6) is -0.856. The van der Waals surface area contributed by atoms with Crippen LogP contribution in [0.4, 0.5) is 14.6 Å². The summed E-state index contributed by atoms with van der Waals surface area (Å²) < 4.78 is 35.6. The molecule has 2 saturated heterocycles. The molecular weight excluding hydrogens is 453 g/mol. The van der Waals surface area contributed by atoms with Crippen molar-refractivity contribution >= 4 is 40.6 Å². The lowest BCUT2D eigenvalue weighted by atomic mass is 10.4. The third-order valence-corrected chi connectivity index (χ3v) is 4.15. The molecule has 0 aromatic carbocycles. The molecule has 2 aliphatic heterocycles. The maximum absolute atomic E-state index is 13.3. The van der Waals surface area contributed by atoms with Gasteiger partial charge in [0.15, 0.2) is 22.6 Å². The van der Waals surface area contributed by atoms with Gasteiger partial charge in [-0.1, -0.05) is 11.6 Å². The number of anilines is 1. The Labute approximate surface area is 181 Å². The Hall–Kier alpha value is -1.43. The third kappa shape index (κ3) is 8.85. The van der Waals surface area contributed by atoms with Gasteiger partial charge in [-0.05, 0) is 23.2 Å². The minimum absolute atomic E-state index is 0.0543. The van der Waals surface area contributed by atoms with E-state index >= 15 is 0 Å². The maximum atomic E-state index is 13.3. The van der Waals surface area contributed by atoms with Crippen LogP contribution in [0.3, 0.4) is 0 Å². The molecule has 0 saturated carbocycles. The highest BCUT2D eigenvalue weighted by Crippen LogP contribution is 2.18. The smallest absolute Gasteiger partial charge is 0.224 e. The Morgan fingerprint density at radius 1 is 0.828 bits per heavy atom. The van der Waals surface area contributed by atoms with Gasteiger partial charge in [0.2, 0.25) is 10.6 Å². The van der Waals surface area contributed by atoms with Crippen molar-refractivity contribution in [2.24, 2.45) is 0 Å². The molecule has 0 radical (unpaired) electrons. The van der Waals surface area contributed by atoms with Crippen LogP contribution in [0.2, 0.25) is 15.7 Å². The molecule has 2 aromatic rings. The van der Waals surface area contributed by atoms with E-state index in [2.05, 4.69) is 25.3 Å². The fourth-order valence-corrected chi connectivity index (χ4v) is 2.61. The average molecular weight is 472 g/mol. The first-order chi connectivity index (χ1) is 14.0. The van der Waals surface area contributed by atoms with Crippen LogP contribution in [-0.4, -0.2) is 72.5 Å². The summed E-state index contributed by atoms with van der Waals surface area (Å²) in [6, 6.07) is 0. The van der Waals surface area contributed by atoms with Crippen LogP contribution in [-0.2, 0) is 9.47 Å². The zero-order chi connectivity index (χ0) is 21.1. The number of rotatable bonds is 1. The highest BCUT2D eigenvalue weighted by atomic mass is 35.5. The summed E-state index contributed by atoms with van der Waals surface area (Å²) >= 11 is 16.0. The Morgan fingerprint density at radius 3 is 1.86 bits per heavy atom. The Balaban J connectivity index is 0.000000171. The van der Waals surface area contributed by atoms with Crippen molar-refractivity contribution in [2.45, 2.75) is 0 Å². The second-order valence-electron chi connectivity index (χ2n) is 5.55. The number of morpholine rings is 2. The molecule has 2 fully saturated rings. The number of ether oxygens (including phenoxy) is 2. The van der Waals surface area contributed by atoms with E-state index in [0.29, 0.717) is 26.3 Å². The third-order valence-electron chi connectivity index (χ3n) is 3.53. The predicted octanol–water partition coefficient (Wildman–Crippen LogP) is 2.63. The number of hydrogen-bond acceptors (Lipinski definition) is 8. The van der Waals surface area contributed by atoms with E-state index in [1.165, 1.54) is 0 Å². The fourth-order valence-electron chi connectivity index (χ4n) is 2.18. The lowest BCUT2D eigenvalue weighted by molar-refractivity contribution is 0.109. The second kappa shape index (κ2) is 13.0. The van der Waals surface area contributed by atoms with Gasteiger partial charge < -0.3 is 19.7 Å². The number of halogens is 5. The molecule has 0 spiro atoms. The van der Waals surface area contributed by atoms with E-state index < -0.39 is 11.6 Å². The molecule has 0 aliphatic carbocycles. The van der Waals surface area contributed by atoms with Gasteiger partial charge in [0.25, 0.3) is 0 Å². The second-order valence-corrected chi connectivity index (χ2v) is 6.58. The number of nitrogens with zero attached hydrogens (tertiary/aromatic N) is 5. The molecular formula is C16H19Cl3F2N6O2. The van der Waals surface area contributed by atoms with Crippen molar-refractivity contribution in [3.63, 3.8) is 0 Å². The highest BCUT2D eigenvalue weighted by Gasteiger charge is 2.17. The van der Waals surface area contributed by atoms with Gasteiger partial charge in [0.05, 0.1) is 38.8 Å². The lowest BCUT2D eigenvalue weighted by Crippen LogP contribution is -2.37. The molecule has 1 N–H and O–H groups in total. The van der Waals surface area contributed by atoms with Gasteiger partial charge in [0.1, 0.15) is 0 Å². The van der Waals surface area contributed by atoms with E-state index in [9.17, 15) is 8.78 Å². The van der Waals surface area contributed by atoms with Gasteiger partial charge in [-0.3, -0.25) is 0 Å². The summed E-state index contributed by atoms with van der Waals surface area (Å²) in [5, 5.41) is 2.91. The van der Waals surface area contributed by atoms with E-state index in [0.717, 1.165) is 38.7 Å². The van der Waals surface area contributed by atoms with Gasteiger partial charge in [-0.15, -0.1) is 0 Å². The monoisotopic (exact) mass is 470 g/mol. The van der Waals surface area contributed by atoms with Crippen molar-refractivity contribution in [3.8, 4) is 0 Å². The minimum atomic E-state index is -0.666. The van der Waals surface area contributed by atoms with Gasteiger partial charge in [-0.2, -0.15) is 4.98 Å². The van der Waals surface area contributed by atoms with E-state index in [1.54, 1.807) is 4.90 Å². The lowest BCUT2D eigenvalue weighted by Gasteiger charge is -2.27. The molecule has 29 heavy (non-hydrogen) atoms. The molecule has 0 amide bonds. The topological polar surface area (TPSA) is 85.3 Å². The van der Waals surface area contributed by atoms with Gasteiger partial charge >= 0.3 is 0 Å². The molecule has 0 atom stereocenters. The first-order valence-corrected chi connectivity index (χ1v) is 9.73. The molecule has 160 valence electrons. The zero-order valence-corrected chi connectivity index (χ0v) is 17.5. The number of hydrogen-bond donors (Lipinski definition) is 1. The zero-order valence-electron chi connectivity index (χ0n) is 15.3.